The smallest absolute Gasteiger partial charge is 0.144 e. The van der Waals surface area contributed by atoms with Gasteiger partial charge in [-0.05, 0) is 20.8 Å². The zero-order valence-corrected chi connectivity index (χ0v) is 10.4. The molecule has 0 amide bonds. The maximum absolute atomic E-state index is 9.76. The van der Waals surface area contributed by atoms with Crippen molar-refractivity contribution in [2.24, 2.45) is 7.05 Å². The molecule has 0 saturated carbocycles. The first-order chi connectivity index (χ1) is 7.26. The van der Waals surface area contributed by atoms with E-state index in [0.29, 0.717) is 17.8 Å². The molecule has 0 aromatic carbocycles. The summed E-state index contributed by atoms with van der Waals surface area (Å²) in [6.07, 6.45) is 0. The average Bonchev–Trinajstić information content (AvgIpc) is 2.37. The fourth-order valence-electron chi connectivity index (χ4n) is 1.87. The van der Waals surface area contributed by atoms with E-state index < -0.39 is 5.60 Å². The fraction of sp³-hybridized carbons (Fsp3) is 0.636. The van der Waals surface area contributed by atoms with Gasteiger partial charge in [-0.2, -0.15) is 10.4 Å². The van der Waals surface area contributed by atoms with E-state index in [0.717, 1.165) is 5.82 Å². The van der Waals surface area contributed by atoms with Gasteiger partial charge < -0.3 is 10.0 Å². The lowest BCUT2D eigenvalue weighted by Crippen LogP contribution is -2.37. The molecule has 1 rings (SSSR count). The zero-order chi connectivity index (χ0) is 12.5. The molecular formula is C11H18N4O. The van der Waals surface area contributed by atoms with Crippen LogP contribution in [0, 0.1) is 18.3 Å². The lowest BCUT2D eigenvalue weighted by Gasteiger charge is -2.27. The first kappa shape index (κ1) is 12.5. The molecule has 0 radical (unpaired) electrons. The number of likely N-dealkylation sites (N-methyl/N-ethyl adjacent to an activating group) is 1. The highest BCUT2D eigenvalue weighted by molar-refractivity contribution is 5.56. The molecule has 0 spiro atoms. The molecule has 1 N–H and O–H groups in total. The SMILES string of the molecule is Cc1nn(C)c(N(C)CC(C)(C)O)c1C#N. The Bertz CT molecular complexity index is 422. The third kappa shape index (κ3) is 2.52. The summed E-state index contributed by atoms with van der Waals surface area (Å²) in [7, 11) is 3.64. The van der Waals surface area contributed by atoms with Gasteiger partial charge >= 0.3 is 0 Å². The number of aryl methyl sites for hydroxylation is 2. The average molecular weight is 222 g/mol. The van der Waals surface area contributed by atoms with Crippen molar-refractivity contribution in [3.05, 3.63) is 11.3 Å². The van der Waals surface area contributed by atoms with Crippen LogP contribution < -0.4 is 4.90 Å². The summed E-state index contributed by atoms with van der Waals surface area (Å²) in [6.45, 7) is 5.72. The first-order valence-corrected chi connectivity index (χ1v) is 5.13. The number of hydrogen-bond acceptors (Lipinski definition) is 4. The summed E-state index contributed by atoms with van der Waals surface area (Å²) in [6, 6.07) is 2.14. The lowest BCUT2D eigenvalue weighted by atomic mass is 10.1. The van der Waals surface area contributed by atoms with Crippen molar-refractivity contribution < 1.29 is 5.11 Å². The van der Waals surface area contributed by atoms with Crippen LogP contribution >= 0.6 is 0 Å². The molecule has 0 unspecified atom stereocenters. The third-order valence-corrected chi connectivity index (χ3v) is 2.29. The Morgan fingerprint density at radius 2 is 2.12 bits per heavy atom. The summed E-state index contributed by atoms with van der Waals surface area (Å²) in [4.78, 5) is 1.85. The van der Waals surface area contributed by atoms with E-state index in [-0.39, 0.29) is 0 Å². The molecule has 1 aromatic rings. The summed E-state index contributed by atoms with van der Waals surface area (Å²) >= 11 is 0. The number of rotatable bonds is 3. The minimum atomic E-state index is -0.806. The van der Waals surface area contributed by atoms with Gasteiger partial charge in [0.25, 0.3) is 0 Å². The maximum Gasteiger partial charge on any atom is 0.144 e. The normalized spacial score (nSPS) is 11.3. The summed E-state index contributed by atoms with van der Waals surface area (Å²) < 4.78 is 1.67. The van der Waals surface area contributed by atoms with Crippen LogP contribution in [-0.4, -0.2) is 34.1 Å². The van der Waals surface area contributed by atoms with Gasteiger partial charge in [-0.15, -0.1) is 0 Å². The Kier molecular flexibility index (Phi) is 3.24. The molecule has 0 fully saturated rings. The van der Waals surface area contributed by atoms with Crippen LogP contribution in [0.4, 0.5) is 5.82 Å². The molecule has 5 nitrogen and oxygen atoms in total. The predicted octanol–water partition coefficient (Wildman–Crippen LogP) is 0.807. The second kappa shape index (κ2) is 4.14. The molecule has 0 aliphatic rings. The van der Waals surface area contributed by atoms with Crippen LogP contribution in [-0.2, 0) is 7.05 Å². The number of nitrogens with zero attached hydrogens (tertiary/aromatic N) is 4. The molecular weight excluding hydrogens is 204 g/mol. The topological polar surface area (TPSA) is 65.1 Å². The molecule has 1 heterocycles. The van der Waals surface area contributed by atoms with Crippen LogP contribution in [0.1, 0.15) is 25.1 Å². The Labute approximate surface area is 95.9 Å². The van der Waals surface area contributed by atoms with Gasteiger partial charge in [-0.3, -0.25) is 4.68 Å². The van der Waals surface area contributed by atoms with Gasteiger partial charge in [0.15, 0.2) is 0 Å². The van der Waals surface area contributed by atoms with Crippen LogP contribution in [0.25, 0.3) is 0 Å². The van der Waals surface area contributed by atoms with Gasteiger partial charge in [0.2, 0.25) is 0 Å². The van der Waals surface area contributed by atoms with Crippen molar-refractivity contribution in [2.75, 3.05) is 18.5 Å². The molecule has 0 aliphatic heterocycles. The maximum atomic E-state index is 9.76. The lowest BCUT2D eigenvalue weighted by molar-refractivity contribution is 0.0883. The summed E-state index contributed by atoms with van der Waals surface area (Å²) in [5.74, 6) is 0.738. The van der Waals surface area contributed by atoms with E-state index in [1.807, 2.05) is 11.9 Å². The number of aromatic nitrogens is 2. The van der Waals surface area contributed by atoms with Gasteiger partial charge in [0, 0.05) is 20.6 Å². The minimum Gasteiger partial charge on any atom is -0.389 e. The molecule has 5 heteroatoms. The van der Waals surface area contributed by atoms with Crippen molar-refractivity contribution in [2.45, 2.75) is 26.4 Å². The Hall–Kier alpha value is -1.54. The van der Waals surface area contributed by atoms with E-state index in [1.54, 1.807) is 32.5 Å². The number of anilines is 1. The molecule has 0 bridgehead atoms. The van der Waals surface area contributed by atoms with E-state index >= 15 is 0 Å². The standard InChI is InChI=1S/C11H18N4O/c1-8-9(6-12)10(15(5)13-8)14(4)7-11(2,3)16/h16H,7H2,1-5H3. The van der Waals surface area contributed by atoms with Crippen LogP contribution in [0.3, 0.4) is 0 Å². The van der Waals surface area contributed by atoms with E-state index in [9.17, 15) is 5.11 Å². The van der Waals surface area contributed by atoms with E-state index in [4.69, 9.17) is 5.26 Å². The quantitative estimate of drug-likeness (QED) is 0.821. The van der Waals surface area contributed by atoms with E-state index in [2.05, 4.69) is 11.2 Å². The van der Waals surface area contributed by atoms with Gasteiger partial charge in [0.1, 0.15) is 17.5 Å². The van der Waals surface area contributed by atoms with Gasteiger partial charge in [-0.1, -0.05) is 0 Å². The van der Waals surface area contributed by atoms with Crippen LogP contribution in [0.5, 0.6) is 0 Å². The van der Waals surface area contributed by atoms with Crippen LogP contribution in [0.2, 0.25) is 0 Å². The fourth-order valence-corrected chi connectivity index (χ4v) is 1.87. The largest absolute Gasteiger partial charge is 0.389 e. The summed E-state index contributed by atoms with van der Waals surface area (Å²) in [5, 5.41) is 23.0. The van der Waals surface area contributed by atoms with Crippen molar-refractivity contribution in [1.29, 1.82) is 5.26 Å². The highest BCUT2D eigenvalue weighted by atomic mass is 16.3. The van der Waals surface area contributed by atoms with Crippen molar-refractivity contribution >= 4 is 5.82 Å². The van der Waals surface area contributed by atoms with Crippen LogP contribution in [0.15, 0.2) is 0 Å². The number of aliphatic hydroxyl groups is 1. The second-order valence-electron chi connectivity index (χ2n) is 4.69. The van der Waals surface area contributed by atoms with Gasteiger partial charge in [-0.25, -0.2) is 0 Å². The molecule has 1 aromatic heterocycles. The molecule has 16 heavy (non-hydrogen) atoms. The second-order valence-corrected chi connectivity index (χ2v) is 4.69. The van der Waals surface area contributed by atoms with E-state index in [1.165, 1.54) is 0 Å². The zero-order valence-electron chi connectivity index (χ0n) is 10.4. The predicted molar refractivity (Wildman–Crippen MR) is 62.2 cm³/mol. The molecule has 88 valence electrons. The summed E-state index contributed by atoms with van der Waals surface area (Å²) in [5.41, 5.74) is 0.469. The van der Waals surface area contributed by atoms with Crippen molar-refractivity contribution in [3.8, 4) is 6.07 Å². The monoisotopic (exact) mass is 222 g/mol. The molecule has 0 saturated heterocycles. The van der Waals surface area contributed by atoms with Crippen molar-refractivity contribution in [3.63, 3.8) is 0 Å². The molecule has 0 aliphatic carbocycles. The Balaban J connectivity index is 3.09. The van der Waals surface area contributed by atoms with Gasteiger partial charge in [0.05, 0.1) is 11.3 Å². The van der Waals surface area contributed by atoms with Crippen molar-refractivity contribution in [1.82, 2.24) is 9.78 Å². The Morgan fingerprint density at radius 1 is 1.56 bits per heavy atom. The Morgan fingerprint density at radius 3 is 2.56 bits per heavy atom. The highest BCUT2D eigenvalue weighted by Gasteiger charge is 2.22. The minimum absolute atomic E-state index is 0.445. The highest BCUT2D eigenvalue weighted by Crippen LogP contribution is 2.22. The number of nitriles is 1. The number of hydrogen-bond donors (Lipinski definition) is 1. The third-order valence-electron chi connectivity index (χ3n) is 2.29. The molecule has 0 atom stereocenters. The first-order valence-electron chi connectivity index (χ1n) is 5.13.